The Kier molecular flexibility index (Phi) is 8.41. The Morgan fingerprint density at radius 2 is 1.11 bits per heavy atom. The average Bonchev–Trinajstić information content (AvgIpc) is 2.67. The molecule has 0 unspecified atom stereocenters. The fourth-order valence-electron chi connectivity index (χ4n) is 4.13. The third kappa shape index (κ3) is 5.31. The van der Waals surface area contributed by atoms with Crippen molar-refractivity contribution < 1.29 is 10.2 Å². The Morgan fingerprint density at radius 3 is 1.46 bits per heavy atom. The van der Waals surface area contributed by atoms with Crippen molar-refractivity contribution >= 4 is 0 Å². The maximum Gasteiger partial charge on any atom is 0.118 e. The van der Waals surface area contributed by atoms with E-state index in [-0.39, 0.29) is 5.92 Å². The zero-order chi connectivity index (χ0) is 20.7. The van der Waals surface area contributed by atoms with Crippen LogP contribution in [0.1, 0.15) is 98.6 Å². The summed E-state index contributed by atoms with van der Waals surface area (Å²) in [6.07, 6.45) is 8.77. The highest BCUT2D eigenvalue weighted by atomic mass is 16.3. The molecule has 0 saturated carbocycles. The predicted molar refractivity (Wildman–Crippen MR) is 120 cm³/mol. The van der Waals surface area contributed by atoms with Gasteiger partial charge in [0.15, 0.2) is 0 Å². The van der Waals surface area contributed by atoms with E-state index in [0.29, 0.717) is 11.5 Å². The Labute approximate surface area is 171 Å². The van der Waals surface area contributed by atoms with Crippen molar-refractivity contribution in [2.45, 2.75) is 91.9 Å². The molecule has 2 rings (SSSR count). The van der Waals surface area contributed by atoms with Crippen molar-refractivity contribution in [2.75, 3.05) is 0 Å². The van der Waals surface area contributed by atoms with Gasteiger partial charge in [0.2, 0.25) is 0 Å². The highest BCUT2D eigenvalue weighted by Crippen LogP contribution is 2.39. The second kappa shape index (κ2) is 10.5. The summed E-state index contributed by atoms with van der Waals surface area (Å²) in [6, 6.07) is 8.31. The molecule has 0 atom stereocenters. The third-order valence-corrected chi connectivity index (χ3v) is 5.84. The summed E-state index contributed by atoms with van der Waals surface area (Å²) in [5.41, 5.74) is 7.05. The van der Waals surface area contributed by atoms with E-state index < -0.39 is 0 Å². The number of aryl methyl sites for hydroxylation is 4. The van der Waals surface area contributed by atoms with E-state index in [9.17, 15) is 10.2 Å². The second-order valence-corrected chi connectivity index (χ2v) is 8.22. The molecular weight excluding hydrogens is 344 g/mol. The molecular formula is C26H38O2. The first kappa shape index (κ1) is 22.3. The Morgan fingerprint density at radius 1 is 0.679 bits per heavy atom. The molecule has 0 fully saturated rings. The summed E-state index contributed by atoms with van der Waals surface area (Å²) in [5, 5.41) is 20.9. The summed E-state index contributed by atoms with van der Waals surface area (Å²) in [7, 11) is 0. The third-order valence-electron chi connectivity index (χ3n) is 5.84. The molecule has 2 heteroatoms. The number of aromatic hydroxyl groups is 2. The molecule has 28 heavy (non-hydrogen) atoms. The monoisotopic (exact) mass is 382 g/mol. The van der Waals surface area contributed by atoms with Crippen LogP contribution < -0.4 is 0 Å². The number of rotatable bonds is 10. The van der Waals surface area contributed by atoms with Crippen LogP contribution in [0.4, 0.5) is 0 Å². The largest absolute Gasteiger partial charge is 0.508 e. The van der Waals surface area contributed by atoms with Crippen LogP contribution in [0.15, 0.2) is 24.3 Å². The van der Waals surface area contributed by atoms with Crippen molar-refractivity contribution in [3.8, 4) is 11.5 Å². The number of unbranched alkanes of at least 4 members (excludes halogenated alkanes) is 2. The van der Waals surface area contributed by atoms with Crippen LogP contribution in [-0.4, -0.2) is 10.2 Å². The molecule has 0 aliphatic heterocycles. The lowest BCUT2D eigenvalue weighted by Gasteiger charge is -2.25. The lowest BCUT2D eigenvalue weighted by atomic mass is 9.80. The zero-order valence-corrected chi connectivity index (χ0v) is 18.4. The Hall–Kier alpha value is -1.96. The van der Waals surface area contributed by atoms with E-state index in [2.05, 4.69) is 32.9 Å². The first-order valence-corrected chi connectivity index (χ1v) is 11.1. The van der Waals surface area contributed by atoms with Crippen LogP contribution in [-0.2, 0) is 12.8 Å². The summed E-state index contributed by atoms with van der Waals surface area (Å²) in [6.45, 7) is 10.6. The normalized spacial score (nSPS) is 11.4. The van der Waals surface area contributed by atoms with Crippen molar-refractivity contribution in [2.24, 2.45) is 0 Å². The number of phenols is 2. The molecule has 154 valence electrons. The molecule has 0 radical (unpaired) electrons. The van der Waals surface area contributed by atoms with Crippen LogP contribution in [0.25, 0.3) is 0 Å². The van der Waals surface area contributed by atoms with Crippen LogP contribution in [0.5, 0.6) is 11.5 Å². The van der Waals surface area contributed by atoms with Crippen molar-refractivity contribution in [1.82, 2.24) is 0 Å². The molecule has 2 N–H and O–H groups in total. The van der Waals surface area contributed by atoms with Gasteiger partial charge in [0, 0.05) is 5.92 Å². The molecule has 0 aliphatic carbocycles. The standard InChI is InChI=1S/C26H38O2/c1-6-9-12-20-14-18(4)25(27)16-23(20)22(11-8-3)24-17-26(28)19(5)15-21(24)13-10-7-2/h14-17,22,27-28H,6-13H2,1-5H3. The first-order chi connectivity index (χ1) is 13.4. The molecule has 0 aliphatic rings. The quantitative estimate of drug-likeness (QED) is 0.451. The number of benzene rings is 2. The molecule has 0 saturated heterocycles. The van der Waals surface area contributed by atoms with Gasteiger partial charge >= 0.3 is 0 Å². The van der Waals surface area contributed by atoms with Gasteiger partial charge in [-0.15, -0.1) is 0 Å². The highest BCUT2D eigenvalue weighted by Gasteiger charge is 2.22. The molecule has 0 spiro atoms. The lowest BCUT2D eigenvalue weighted by molar-refractivity contribution is 0.467. The van der Waals surface area contributed by atoms with E-state index in [4.69, 9.17) is 0 Å². The summed E-state index contributed by atoms with van der Waals surface area (Å²) in [4.78, 5) is 0. The molecule has 0 aromatic heterocycles. The van der Waals surface area contributed by atoms with E-state index >= 15 is 0 Å². The summed E-state index contributed by atoms with van der Waals surface area (Å²) in [5.74, 6) is 0.965. The fraction of sp³-hybridized carbons (Fsp3) is 0.538. The maximum atomic E-state index is 10.5. The molecule has 2 aromatic carbocycles. The van der Waals surface area contributed by atoms with Crippen LogP contribution in [0.3, 0.4) is 0 Å². The number of hydrogen-bond donors (Lipinski definition) is 2. The van der Waals surface area contributed by atoms with Gasteiger partial charge < -0.3 is 10.2 Å². The molecule has 0 amide bonds. The van der Waals surface area contributed by atoms with Gasteiger partial charge in [-0.3, -0.25) is 0 Å². The summed E-state index contributed by atoms with van der Waals surface area (Å²) >= 11 is 0. The van der Waals surface area contributed by atoms with E-state index in [1.165, 1.54) is 22.3 Å². The number of phenolic OH excluding ortho intramolecular Hbond substituents is 2. The van der Waals surface area contributed by atoms with Crippen molar-refractivity contribution in [3.63, 3.8) is 0 Å². The first-order valence-electron chi connectivity index (χ1n) is 11.1. The molecule has 0 bridgehead atoms. The van der Waals surface area contributed by atoms with Gasteiger partial charge in [0.25, 0.3) is 0 Å². The van der Waals surface area contributed by atoms with Gasteiger partial charge in [-0.05, 0) is 91.5 Å². The topological polar surface area (TPSA) is 40.5 Å². The van der Waals surface area contributed by atoms with Gasteiger partial charge in [-0.2, -0.15) is 0 Å². The molecule has 0 heterocycles. The highest BCUT2D eigenvalue weighted by molar-refractivity contribution is 5.50. The van der Waals surface area contributed by atoms with Gasteiger partial charge in [-0.1, -0.05) is 52.2 Å². The Bertz CT molecular complexity index is 713. The smallest absolute Gasteiger partial charge is 0.118 e. The van der Waals surface area contributed by atoms with Crippen molar-refractivity contribution in [3.05, 3.63) is 57.6 Å². The van der Waals surface area contributed by atoms with Gasteiger partial charge in [-0.25, -0.2) is 0 Å². The minimum absolute atomic E-state index is 0.210. The predicted octanol–water partition coefficient (Wildman–Crippen LogP) is 7.33. The van der Waals surface area contributed by atoms with E-state index in [1.54, 1.807) is 0 Å². The van der Waals surface area contributed by atoms with Crippen molar-refractivity contribution in [1.29, 1.82) is 0 Å². The van der Waals surface area contributed by atoms with Gasteiger partial charge in [0.05, 0.1) is 0 Å². The minimum atomic E-state index is 0.210. The second-order valence-electron chi connectivity index (χ2n) is 8.22. The van der Waals surface area contributed by atoms with Crippen LogP contribution >= 0.6 is 0 Å². The van der Waals surface area contributed by atoms with Gasteiger partial charge in [0.1, 0.15) is 11.5 Å². The Balaban J connectivity index is 2.63. The SMILES string of the molecule is CCCCc1cc(C)c(O)cc1C(CCC)c1cc(O)c(C)cc1CCCC. The van der Waals surface area contributed by atoms with Crippen LogP contribution in [0.2, 0.25) is 0 Å². The zero-order valence-electron chi connectivity index (χ0n) is 18.4. The minimum Gasteiger partial charge on any atom is -0.508 e. The molecule has 2 nitrogen and oxygen atoms in total. The number of hydrogen-bond acceptors (Lipinski definition) is 2. The average molecular weight is 383 g/mol. The lowest BCUT2D eigenvalue weighted by Crippen LogP contribution is -2.09. The molecule has 2 aromatic rings. The fourth-order valence-corrected chi connectivity index (χ4v) is 4.13. The maximum absolute atomic E-state index is 10.5. The van der Waals surface area contributed by atoms with E-state index in [0.717, 1.165) is 62.5 Å². The van der Waals surface area contributed by atoms with Crippen LogP contribution in [0, 0.1) is 13.8 Å². The summed E-state index contributed by atoms with van der Waals surface area (Å²) < 4.78 is 0. The van der Waals surface area contributed by atoms with E-state index in [1.807, 2.05) is 26.0 Å².